The first-order chi connectivity index (χ1) is 6.82. The van der Waals surface area contributed by atoms with E-state index < -0.39 is 11.7 Å². The van der Waals surface area contributed by atoms with Crippen molar-refractivity contribution in [3.63, 3.8) is 0 Å². The number of carboxylic acid groups (broad SMARTS) is 1. The Hall–Kier alpha value is -1.21. The van der Waals surface area contributed by atoms with Crippen molar-refractivity contribution in [2.24, 2.45) is 5.41 Å². The van der Waals surface area contributed by atoms with Crippen LogP contribution in [0, 0.1) is 17.8 Å². The average Bonchev–Trinajstić information content (AvgIpc) is 2.16. The van der Waals surface area contributed by atoms with Gasteiger partial charge in [-0.25, -0.2) is 4.79 Å². The van der Waals surface area contributed by atoms with Crippen LogP contribution in [0.5, 0.6) is 0 Å². The van der Waals surface area contributed by atoms with E-state index in [0.29, 0.717) is 13.2 Å². The molecule has 1 amide bonds. The summed E-state index contributed by atoms with van der Waals surface area (Å²) in [5, 5.41) is 8.93. The van der Waals surface area contributed by atoms with Crippen molar-refractivity contribution in [1.82, 2.24) is 4.90 Å². The Kier molecular flexibility index (Phi) is 2.96. The third-order valence-electron chi connectivity index (χ3n) is 2.84. The lowest BCUT2D eigenvalue weighted by Crippen LogP contribution is -2.58. The normalized spacial score (nSPS) is 27.2. The summed E-state index contributed by atoms with van der Waals surface area (Å²) in [6.07, 6.45) is 4.55. The Labute approximate surface area is 90.2 Å². The fourth-order valence-electron chi connectivity index (χ4n) is 1.64. The number of carbonyl (C=O) groups is 1. The number of ether oxygens (including phenoxy) is 1. The Morgan fingerprint density at radius 2 is 2.20 bits per heavy atom. The smallest absolute Gasteiger partial charge is 0.407 e. The number of hydrogen-bond acceptors (Lipinski definition) is 2. The molecule has 0 aromatic heterocycles. The van der Waals surface area contributed by atoms with Gasteiger partial charge in [0.2, 0.25) is 0 Å². The predicted octanol–water partition coefficient (Wildman–Crippen LogP) is 1.41. The van der Waals surface area contributed by atoms with Crippen LogP contribution in [-0.2, 0) is 4.74 Å². The molecule has 1 aliphatic heterocycles. The van der Waals surface area contributed by atoms with Gasteiger partial charge in [-0.15, -0.1) is 6.42 Å². The summed E-state index contributed by atoms with van der Waals surface area (Å²) in [5.74, 6) is 2.62. The van der Waals surface area contributed by atoms with Crippen molar-refractivity contribution >= 4 is 6.09 Å². The van der Waals surface area contributed by atoms with Gasteiger partial charge in [-0.3, -0.25) is 0 Å². The minimum absolute atomic E-state index is 0.238. The molecule has 0 saturated carbocycles. The van der Waals surface area contributed by atoms with Crippen molar-refractivity contribution in [3.8, 4) is 12.3 Å². The molecular formula is C11H17NO3. The molecule has 0 spiro atoms. The number of amides is 1. The molecular weight excluding hydrogens is 194 g/mol. The summed E-state index contributed by atoms with van der Waals surface area (Å²) in [6, 6.07) is 0. The van der Waals surface area contributed by atoms with Gasteiger partial charge < -0.3 is 14.7 Å². The van der Waals surface area contributed by atoms with Crippen LogP contribution in [-0.4, -0.2) is 41.4 Å². The van der Waals surface area contributed by atoms with Gasteiger partial charge in [-0.1, -0.05) is 26.7 Å². The van der Waals surface area contributed by atoms with Crippen molar-refractivity contribution < 1.29 is 14.6 Å². The van der Waals surface area contributed by atoms with Crippen LogP contribution in [0.25, 0.3) is 0 Å². The van der Waals surface area contributed by atoms with E-state index in [0.717, 1.165) is 0 Å². The zero-order chi connectivity index (χ0) is 11.7. The van der Waals surface area contributed by atoms with Crippen LogP contribution in [0.1, 0.15) is 20.8 Å². The molecule has 0 radical (unpaired) electrons. The number of nitrogens with zero attached hydrogens (tertiary/aromatic N) is 1. The molecule has 1 aliphatic rings. The minimum Gasteiger partial charge on any atom is -0.465 e. The second kappa shape index (κ2) is 3.74. The van der Waals surface area contributed by atoms with E-state index in [2.05, 4.69) is 5.92 Å². The standard InChI is InChI=1S/C11H17NO3/c1-5-11(10(2,3)4)8-12(9(13)14)6-7-15-11/h1H,6-8H2,2-4H3,(H,13,14)/t11-/m0/s1. The molecule has 4 nitrogen and oxygen atoms in total. The second-order valence-corrected chi connectivity index (χ2v) is 4.77. The van der Waals surface area contributed by atoms with Crippen LogP contribution in [0.15, 0.2) is 0 Å². The van der Waals surface area contributed by atoms with Crippen molar-refractivity contribution in [2.75, 3.05) is 19.7 Å². The van der Waals surface area contributed by atoms with Gasteiger partial charge >= 0.3 is 6.09 Å². The summed E-state index contributed by atoms with van der Waals surface area (Å²) in [4.78, 5) is 12.2. The predicted molar refractivity (Wildman–Crippen MR) is 56.6 cm³/mol. The molecule has 1 heterocycles. The number of rotatable bonds is 0. The van der Waals surface area contributed by atoms with Crippen molar-refractivity contribution in [1.29, 1.82) is 0 Å². The highest BCUT2D eigenvalue weighted by atomic mass is 16.5. The van der Waals surface area contributed by atoms with Crippen LogP contribution in [0.4, 0.5) is 4.79 Å². The molecule has 0 aromatic carbocycles. The minimum atomic E-state index is -0.942. The maximum Gasteiger partial charge on any atom is 0.407 e. The average molecular weight is 211 g/mol. The van der Waals surface area contributed by atoms with Crippen LogP contribution in [0.3, 0.4) is 0 Å². The maximum absolute atomic E-state index is 10.9. The molecule has 1 rings (SSSR count). The van der Waals surface area contributed by atoms with E-state index in [4.69, 9.17) is 16.3 Å². The zero-order valence-electron chi connectivity index (χ0n) is 9.41. The molecule has 1 fully saturated rings. The summed E-state index contributed by atoms with van der Waals surface area (Å²) < 4.78 is 5.62. The molecule has 0 aromatic rings. The summed E-state index contributed by atoms with van der Waals surface area (Å²) >= 11 is 0. The Bertz CT molecular complexity index is 300. The molecule has 1 N–H and O–H groups in total. The lowest BCUT2D eigenvalue weighted by molar-refractivity contribution is -0.120. The highest BCUT2D eigenvalue weighted by molar-refractivity contribution is 5.65. The highest BCUT2D eigenvalue weighted by Gasteiger charge is 2.46. The van der Waals surface area contributed by atoms with E-state index in [9.17, 15) is 4.79 Å². The second-order valence-electron chi connectivity index (χ2n) is 4.77. The van der Waals surface area contributed by atoms with Gasteiger partial charge in [-0.2, -0.15) is 0 Å². The molecule has 0 aliphatic carbocycles. The van der Waals surface area contributed by atoms with E-state index in [1.807, 2.05) is 20.8 Å². The highest BCUT2D eigenvalue weighted by Crippen LogP contribution is 2.36. The molecule has 0 bridgehead atoms. The van der Waals surface area contributed by atoms with Gasteiger partial charge in [0.05, 0.1) is 13.2 Å². The summed E-state index contributed by atoms with van der Waals surface area (Å²) in [5.41, 5.74) is -1.10. The maximum atomic E-state index is 10.9. The Morgan fingerprint density at radius 1 is 1.60 bits per heavy atom. The molecule has 84 valence electrons. The van der Waals surface area contributed by atoms with E-state index in [-0.39, 0.29) is 12.0 Å². The van der Waals surface area contributed by atoms with Crippen molar-refractivity contribution in [3.05, 3.63) is 0 Å². The Balaban J connectivity index is 2.93. The fraction of sp³-hybridized carbons (Fsp3) is 0.727. The topological polar surface area (TPSA) is 49.8 Å². The van der Waals surface area contributed by atoms with E-state index in [1.165, 1.54) is 4.90 Å². The number of morpholine rings is 1. The monoisotopic (exact) mass is 211 g/mol. The van der Waals surface area contributed by atoms with Gasteiger partial charge in [-0.05, 0) is 0 Å². The number of terminal acetylenes is 1. The van der Waals surface area contributed by atoms with E-state index in [1.54, 1.807) is 0 Å². The fourth-order valence-corrected chi connectivity index (χ4v) is 1.64. The SMILES string of the molecule is C#C[C@@]1(C(C)(C)C)CN(C(=O)O)CCO1. The van der Waals surface area contributed by atoms with Crippen LogP contribution >= 0.6 is 0 Å². The van der Waals surface area contributed by atoms with Gasteiger partial charge in [0.15, 0.2) is 5.60 Å². The lowest BCUT2D eigenvalue weighted by Gasteiger charge is -2.46. The molecule has 1 saturated heterocycles. The third-order valence-corrected chi connectivity index (χ3v) is 2.84. The van der Waals surface area contributed by atoms with Crippen molar-refractivity contribution in [2.45, 2.75) is 26.4 Å². The third kappa shape index (κ3) is 2.07. The summed E-state index contributed by atoms with van der Waals surface area (Å²) in [7, 11) is 0. The molecule has 4 heteroatoms. The van der Waals surface area contributed by atoms with Gasteiger partial charge in [0, 0.05) is 12.0 Å². The summed E-state index contributed by atoms with van der Waals surface area (Å²) in [6.45, 7) is 6.85. The van der Waals surface area contributed by atoms with Crippen LogP contribution < -0.4 is 0 Å². The molecule has 0 unspecified atom stereocenters. The largest absolute Gasteiger partial charge is 0.465 e. The van der Waals surface area contributed by atoms with Crippen LogP contribution in [0.2, 0.25) is 0 Å². The molecule has 1 atom stereocenters. The van der Waals surface area contributed by atoms with Gasteiger partial charge in [0.1, 0.15) is 0 Å². The molecule has 15 heavy (non-hydrogen) atoms. The quantitative estimate of drug-likeness (QED) is 0.616. The first kappa shape index (κ1) is 11.9. The van der Waals surface area contributed by atoms with E-state index >= 15 is 0 Å². The first-order valence-electron chi connectivity index (χ1n) is 4.92. The zero-order valence-corrected chi connectivity index (χ0v) is 9.41. The lowest BCUT2D eigenvalue weighted by atomic mass is 9.76. The Morgan fingerprint density at radius 3 is 2.60 bits per heavy atom. The number of hydrogen-bond donors (Lipinski definition) is 1. The first-order valence-corrected chi connectivity index (χ1v) is 4.92. The van der Waals surface area contributed by atoms with Gasteiger partial charge in [0.25, 0.3) is 0 Å².